The van der Waals surface area contributed by atoms with Gasteiger partial charge in [-0.25, -0.2) is 0 Å². The summed E-state index contributed by atoms with van der Waals surface area (Å²) in [5.41, 5.74) is 6.24. The Bertz CT molecular complexity index is 538. The Hall–Kier alpha value is -1.56. The molecule has 0 spiro atoms. The number of carboxylic acid groups (broad SMARTS) is 1. The van der Waals surface area contributed by atoms with Gasteiger partial charge in [0.05, 0.1) is 12.0 Å². The van der Waals surface area contributed by atoms with Crippen LogP contribution in [0.1, 0.15) is 44.0 Å². The molecule has 1 aromatic carbocycles. The number of carbonyl (C=O) groups excluding carboxylic acids is 1. The maximum Gasteiger partial charge on any atom is 0.305 e. The molecule has 21 heavy (non-hydrogen) atoms. The molecule has 0 fully saturated rings. The maximum absolute atomic E-state index is 11.6. The fourth-order valence-corrected chi connectivity index (χ4v) is 2.80. The molecule has 4 N–H and O–H groups in total. The number of primary amides is 1. The molecule has 0 saturated heterocycles. The predicted octanol–water partition coefficient (Wildman–Crippen LogP) is 3.24. The van der Waals surface area contributed by atoms with Crippen molar-refractivity contribution in [2.24, 2.45) is 11.1 Å². The molecule has 0 aromatic heterocycles. The largest absolute Gasteiger partial charge is 0.481 e. The van der Waals surface area contributed by atoms with E-state index in [1.54, 1.807) is 18.2 Å². The van der Waals surface area contributed by atoms with Crippen molar-refractivity contribution >= 4 is 33.5 Å². The Balaban J connectivity index is 3.06. The van der Waals surface area contributed by atoms with E-state index in [4.69, 9.17) is 10.8 Å². The Morgan fingerprint density at radius 1 is 1.38 bits per heavy atom. The molecule has 1 rings (SSSR count). The van der Waals surface area contributed by atoms with Gasteiger partial charge in [-0.1, -0.05) is 26.8 Å². The number of nitrogens with one attached hydrogen (secondary N) is 1. The Morgan fingerprint density at radius 3 is 2.48 bits per heavy atom. The molecule has 0 radical (unpaired) electrons. The minimum absolute atomic E-state index is 0.0258. The molecule has 6 heteroatoms. The highest BCUT2D eigenvalue weighted by Gasteiger charge is 2.23. The Kier molecular flexibility index (Phi) is 5.78. The lowest BCUT2D eigenvalue weighted by Gasteiger charge is -2.27. The zero-order valence-electron chi connectivity index (χ0n) is 12.4. The number of anilines is 1. The third-order valence-electron chi connectivity index (χ3n) is 2.90. The van der Waals surface area contributed by atoms with Gasteiger partial charge in [-0.05, 0) is 39.9 Å². The molecule has 1 unspecified atom stereocenters. The first-order valence-electron chi connectivity index (χ1n) is 6.67. The van der Waals surface area contributed by atoms with Crippen molar-refractivity contribution in [3.8, 4) is 0 Å². The minimum atomic E-state index is -0.882. The van der Waals surface area contributed by atoms with Gasteiger partial charge in [0, 0.05) is 16.2 Å². The summed E-state index contributed by atoms with van der Waals surface area (Å²) >= 11 is 3.29. The lowest BCUT2D eigenvalue weighted by Crippen LogP contribution is -2.29. The second kappa shape index (κ2) is 6.93. The van der Waals surface area contributed by atoms with Gasteiger partial charge in [0.15, 0.2) is 0 Å². The van der Waals surface area contributed by atoms with Crippen LogP contribution >= 0.6 is 15.9 Å². The zero-order chi connectivity index (χ0) is 16.2. The number of nitrogens with two attached hydrogens (primary N) is 1. The first-order valence-corrected chi connectivity index (χ1v) is 7.46. The Labute approximate surface area is 133 Å². The second-order valence-electron chi connectivity index (χ2n) is 6.23. The Morgan fingerprint density at radius 2 is 2.00 bits per heavy atom. The third kappa shape index (κ3) is 5.75. The normalized spacial score (nSPS) is 12.8. The minimum Gasteiger partial charge on any atom is -0.481 e. The first kappa shape index (κ1) is 17.5. The molecule has 0 bridgehead atoms. The molecule has 5 nitrogen and oxygen atoms in total. The average molecular weight is 357 g/mol. The van der Waals surface area contributed by atoms with Crippen molar-refractivity contribution in [2.45, 2.75) is 39.7 Å². The SMILES string of the molecule is CC(C)(C)CC(CC(=O)O)Nc1cccc(Br)c1C(N)=O. The van der Waals surface area contributed by atoms with Gasteiger partial charge in [0.1, 0.15) is 0 Å². The predicted molar refractivity (Wildman–Crippen MR) is 86.4 cm³/mol. The molecule has 1 atom stereocenters. The van der Waals surface area contributed by atoms with Crippen LogP contribution in [0.3, 0.4) is 0 Å². The molecule has 0 aliphatic rings. The van der Waals surface area contributed by atoms with Gasteiger partial charge < -0.3 is 16.2 Å². The van der Waals surface area contributed by atoms with E-state index in [0.717, 1.165) is 0 Å². The van der Waals surface area contributed by atoms with Crippen LogP contribution in [0, 0.1) is 5.41 Å². The molecule has 116 valence electrons. The zero-order valence-corrected chi connectivity index (χ0v) is 14.0. The van der Waals surface area contributed by atoms with Gasteiger partial charge in [0.25, 0.3) is 5.91 Å². The molecular formula is C15H21BrN2O3. The fourth-order valence-electron chi connectivity index (χ4n) is 2.24. The highest BCUT2D eigenvalue weighted by molar-refractivity contribution is 9.10. The number of hydrogen-bond acceptors (Lipinski definition) is 3. The molecule has 0 aliphatic heterocycles. The summed E-state index contributed by atoms with van der Waals surface area (Å²) in [4.78, 5) is 22.6. The average Bonchev–Trinajstić information content (AvgIpc) is 2.24. The number of rotatable bonds is 6. The van der Waals surface area contributed by atoms with E-state index >= 15 is 0 Å². The van der Waals surface area contributed by atoms with Crippen LogP contribution in [0.4, 0.5) is 5.69 Å². The van der Waals surface area contributed by atoms with Crippen molar-refractivity contribution < 1.29 is 14.7 Å². The van der Waals surface area contributed by atoms with Crippen LogP contribution in [-0.4, -0.2) is 23.0 Å². The van der Waals surface area contributed by atoms with Crippen LogP contribution in [0.5, 0.6) is 0 Å². The summed E-state index contributed by atoms with van der Waals surface area (Å²) in [6.45, 7) is 6.12. The summed E-state index contributed by atoms with van der Waals surface area (Å²) in [5, 5.41) is 12.2. The number of carboxylic acids is 1. The van der Waals surface area contributed by atoms with Crippen LogP contribution in [-0.2, 0) is 4.79 Å². The van der Waals surface area contributed by atoms with Gasteiger partial charge in [-0.2, -0.15) is 0 Å². The van der Waals surface area contributed by atoms with E-state index in [1.807, 2.05) is 20.8 Å². The highest BCUT2D eigenvalue weighted by Crippen LogP contribution is 2.28. The van der Waals surface area contributed by atoms with E-state index in [9.17, 15) is 9.59 Å². The lowest BCUT2D eigenvalue weighted by atomic mass is 9.87. The van der Waals surface area contributed by atoms with Crippen molar-refractivity contribution in [3.05, 3.63) is 28.2 Å². The highest BCUT2D eigenvalue weighted by atomic mass is 79.9. The first-order chi connectivity index (χ1) is 9.60. The van der Waals surface area contributed by atoms with Gasteiger partial charge >= 0.3 is 5.97 Å². The number of benzene rings is 1. The lowest BCUT2D eigenvalue weighted by molar-refractivity contribution is -0.137. The van der Waals surface area contributed by atoms with Crippen molar-refractivity contribution in [1.82, 2.24) is 0 Å². The van der Waals surface area contributed by atoms with Crippen LogP contribution in [0.2, 0.25) is 0 Å². The summed E-state index contributed by atoms with van der Waals surface area (Å²) in [6.07, 6.45) is 0.631. The van der Waals surface area contributed by atoms with Crippen molar-refractivity contribution in [1.29, 1.82) is 0 Å². The molecule has 0 saturated carbocycles. The van der Waals surface area contributed by atoms with Gasteiger partial charge in [0.2, 0.25) is 0 Å². The van der Waals surface area contributed by atoms with E-state index < -0.39 is 11.9 Å². The van der Waals surface area contributed by atoms with E-state index in [0.29, 0.717) is 22.1 Å². The van der Waals surface area contributed by atoms with Crippen molar-refractivity contribution in [3.63, 3.8) is 0 Å². The van der Waals surface area contributed by atoms with Gasteiger partial charge in [-0.3, -0.25) is 9.59 Å². The number of halogens is 1. The van der Waals surface area contributed by atoms with E-state index in [-0.39, 0.29) is 17.9 Å². The molecule has 1 amide bonds. The smallest absolute Gasteiger partial charge is 0.305 e. The second-order valence-corrected chi connectivity index (χ2v) is 7.08. The topological polar surface area (TPSA) is 92.4 Å². The fraction of sp³-hybridized carbons (Fsp3) is 0.467. The summed E-state index contributed by atoms with van der Waals surface area (Å²) < 4.78 is 0.588. The van der Waals surface area contributed by atoms with Crippen molar-refractivity contribution in [2.75, 3.05) is 5.32 Å². The van der Waals surface area contributed by atoms with Crippen LogP contribution < -0.4 is 11.1 Å². The number of carbonyl (C=O) groups is 2. The molecule has 1 aromatic rings. The van der Waals surface area contributed by atoms with Crippen LogP contribution in [0.15, 0.2) is 22.7 Å². The van der Waals surface area contributed by atoms with E-state index in [2.05, 4.69) is 21.2 Å². The summed E-state index contributed by atoms with van der Waals surface area (Å²) in [7, 11) is 0. The molecule has 0 heterocycles. The monoisotopic (exact) mass is 356 g/mol. The summed E-state index contributed by atoms with van der Waals surface area (Å²) in [5.74, 6) is -1.44. The maximum atomic E-state index is 11.6. The standard InChI is InChI=1S/C15H21BrN2O3/c1-15(2,3)8-9(7-12(19)20)18-11-6-4-5-10(16)13(11)14(17)21/h4-6,9,18H,7-8H2,1-3H3,(H2,17,21)(H,19,20). The molecular weight excluding hydrogens is 336 g/mol. The quantitative estimate of drug-likeness (QED) is 0.729. The number of hydrogen-bond donors (Lipinski definition) is 3. The number of amides is 1. The number of aliphatic carboxylic acids is 1. The molecule has 0 aliphatic carbocycles. The van der Waals surface area contributed by atoms with Gasteiger partial charge in [-0.15, -0.1) is 0 Å². The van der Waals surface area contributed by atoms with E-state index in [1.165, 1.54) is 0 Å². The van der Waals surface area contributed by atoms with Crippen LogP contribution in [0.25, 0.3) is 0 Å². The summed E-state index contributed by atoms with van der Waals surface area (Å²) in [6, 6.07) is 4.94. The third-order valence-corrected chi connectivity index (χ3v) is 3.56.